The molecule has 0 bridgehead atoms. The fourth-order valence-corrected chi connectivity index (χ4v) is 3.38. The number of nitrogens with two attached hydrogens (primary N) is 1. The van der Waals surface area contributed by atoms with Crippen LogP contribution >= 0.6 is 0 Å². The van der Waals surface area contributed by atoms with Gasteiger partial charge in [0.05, 0.1) is 5.41 Å². The standard InChI is InChI=1S/C18H23N2.BrH/c1-13-18(2,3)17-15-8-5-4-7-14(15)9-10-16(17)20(13)12-6-11-19;/h4-5,7-10H,6,11-12,19H2,1-3H3;1H/q+1;/p-1. The fourth-order valence-electron chi connectivity index (χ4n) is 3.38. The van der Waals surface area contributed by atoms with Crippen LogP contribution in [0.15, 0.2) is 36.4 Å². The molecule has 21 heavy (non-hydrogen) atoms. The SMILES string of the molecule is CC1=[N+](CCCN)c2ccc3ccccc3c2C1(C)C.[Br-]. The van der Waals surface area contributed by atoms with Crippen LogP contribution in [0.5, 0.6) is 0 Å². The summed E-state index contributed by atoms with van der Waals surface area (Å²) in [5.41, 5.74) is 10.0. The molecule has 3 heteroatoms. The van der Waals surface area contributed by atoms with Crippen molar-refractivity contribution < 1.29 is 21.6 Å². The van der Waals surface area contributed by atoms with Crippen LogP contribution in [0.2, 0.25) is 0 Å². The van der Waals surface area contributed by atoms with Gasteiger partial charge in [-0.2, -0.15) is 4.58 Å². The van der Waals surface area contributed by atoms with Gasteiger partial charge in [-0.3, -0.25) is 0 Å². The first-order valence-corrected chi connectivity index (χ1v) is 7.41. The Hall–Kier alpha value is -1.19. The molecule has 0 saturated heterocycles. The van der Waals surface area contributed by atoms with Crippen LogP contribution in [0.1, 0.15) is 32.8 Å². The topological polar surface area (TPSA) is 29.0 Å². The molecule has 0 aliphatic carbocycles. The van der Waals surface area contributed by atoms with Crippen molar-refractivity contribution in [1.82, 2.24) is 0 Å². The maximum Gasteiger partial charge on any atom is 0.210 e. The normalized spacial score (nSPS) is 16.0. The number of nitrogens with zero attached hydrogens (tertiary/aromatic N) is 1. The first-order chi connectivity index (χ1) is 9.57. The third-order valence-electron chi connectivity index (χ3n) is 4.72. The van der Waals surface area contributed by atoms with E-state index in [4.69, 9.17) is 5.73 Å². The third-order valence-corrected chi connectivity index (χ3v) is 4.72. The van der Waals surface area contributed by atoms with Crippen molar-refractivity contribution >= 4 is 22.2 Å². The highest BCUT2D eigenvalue weighted by Gasteiger charge is 2.43. The zero-order valence-electron chi connectivity index (χ0n) is 13.0. The Labute approximate surface area is 137 Å². The van der Waals surface area contributed by atoms with E-state index >= 15 is 0 Å². The van der Waals surface area contributed by atoms with Crippen LogP contribution in [0.3, 0.4) is 0 Å². The van der Waals surface area contributed by atoms with Crippen LogP contribution in [0.4, 0.5) is 5.69 Å². The van der Waals surface area contributed by atoms with Gasteiger partial charge in [-0.15, -0.1) is 0 Å². The van der Waals surface area contributed by atoms with Gasteiger partial charge in [0.25, 0.3) is 0 Å². The van der Waals surface area contributed by atoms with Crippen LogP contribution in [-0.2, 0) is 5.41 Å². The largest absolute Gasteiger partial charge is 1.00 e. The molecule has 0 atom stereocenters. The maximum absolute atomic E-state index is 5.69. The van der Waals surface area contributed by atoms with Crippen LogP contribution < -0.4 is 22.7 Å². The third kappa shape index (κ3) is 2.43. The van der Waals surface area contributed by atoms with Gasteiger partial charge < -0.3 is 22.7 Å². The Balaban J connectivity index is 0.00000161. The van der Waals surface area contributed by atoms with Gasteiger partial charge in [0.1, 0.15) is 6.54 Å². The Morgan fingerprint density at radius 2 is 1.81 bits per heavy atom. The molecular formula is C18H23BrN2. The summed E-state index contributed by atoms with van der Waals surface area (Å²) in [5, 5.41) is 2.71. The lowest BCUT2D eigenvalue weighted by Gasteiger charge is -2.17. The lowest BCUT2D eigenvalue weighted by atomic mass is 9.80. The first kappa shape index (κ1) is 16.2. The Kier molecular flexibility index (Phi) is 4.54. The Morgan fingerprint density at radius 3 is 2.52 bits per heavy atom. The molecule has 0 radical (unpaired) electrons. The minimum Gasteiger partial charge on any atom is -1.00 e. The molecule has 2 aromatic rings. The minimum absolute atomic E-state index is 0. The van der Waals surface area contributed by atoms with Gasteiger partial charge in [-0.1, -0.05) is 24.3 Å². The first-order valence-electron chi connectivity index (χ1n) is 7.41. The van der Waals surface area contributed by atoms with Crippen molar-refractivity contribution in [2.75, 3.05) is 13.1 Å². The minimum atomic E-state index is 0. The lowest BCUT2D eigenvalue weighted by molar-refractivity contribution is -0.439. The van der Waals surface area contributed by atoms with Crippen LogP contribution in [-0.4, -0.2) is 23.4 Å². The maximum atomic E-state index is 5.69. The Morgan fingerprint density at radius 1 is 1.10 bits per heavy atom. The lowest BCUT2D eigenvalue weighted by Crippen LogP contribution is -3.00. The highest BCUT2D eigenvalue weighted by atomic mass is 79.9. The average Bonchev–Trinajstić information content (AvgIpc) is 2.65. The summed E-state index contributed by atoms with van der Waals surface area (Å²) < 4.78 is 2.45. The second-order valence-electron chi connectivity index (χ2n) is 6.19. The predicted molar refractivity (Wildman–Crippen MR) is 86.1 cm³/mol. The molecule has 1 aliphatic heterocycles. The second kappa shape index (κ2) is 5.90. The number of hydrogen-bond donors (Lipinski definition) is 1. The van der Waals surface area contributed by atoms with Crippen molar-refractivity contribution in [2.45, 2.75) is 32.6 Å². The zero-order valence-corrected chi connectivity index (χ0v) is 14.6. The van der Waals surface area contributed by atoms with E-state index in [1.807, 2.05) is 0 Å². The molecule has 2 N–H and O–H groups in total. The van der Waals surface area contributed by atoms with Crippen LogP contribution in [0.25, 0.3) is 10.8 Å². The zero-order chi connectivity index (χ0) is 14.3. The molecule has 0 unspecified atom stereocenters. The van der Waals surface area contributed by atoms with E-state index < -0.39 is 0 Å². The van der Waals surface area contributed by atoms with E-state index in [2.05, 4.69) is 61.7 Å². The van der Waals surface area contributed by atoms with Gasteiger partial charge in [0.2, 0.25) is 5.69 Å². The molecule has 112 valence electrons. The molecule has 0 saturated carbocycles. The van der Waals surface area contributed by atoms with Gasteiger partial charge in [0.15, 0.2) is 5.71 Å². The summed E-state index contributed by atoms with van der Waals surface area (Å²) in [7, 11) is 0. The number of halogens is 1. The van der Waals surface area contributed by atoms with Crippen molar-refractivity contribution in [3.05, 3.63) is 42.0 Å². The van der Waals surface area contributed by atoms with Crippen LogP contribution in [0, 0.1) is 0 Å². The molecule has 3 rings (SSSR count). The van der Waals surface area contributed by atoms with E-state index in [1.54, 1.807) is 0 Å². The second-order valence-corrected chi connectivity index (χ2v) is 6.19. The number of benzene rings is 2. The molecule has 1 heterocycles. The average molecular weight is 347 g/mol. The number of fused-ring (bicyclic) bond motifs is 3. The highest BCUT2D eigenvalue weighted by Crippen LogP contribution is 2.43. The molecule has 0 amide bonds. The molecular weight excluding hydrogens is 324 g/mol. The summed E-state index contributed by atoms with van der Waals surface area (Å²) in [6, 6.07) is 13.2. The molecule has 2 nitrogen and oxygen atoms in total. The summed E-state index contributed by atoms with van der Waals surface area (Å²) in [6.07, 6.45) is 1.03. The van der Waals surface area contributed by atoms with E-state index in [-0.39, 0.29) is 22.4 Å². The summed E-state index contributed by atoms with van der Waals surface area (Å²) in [4.78, 5) is 0. The van der Waals surface area contributed by atoms with Gasteiger partial charge in [-0.05, 0) is 37.2 Å². The monoisotopic (exact) mass is 346 g/mol. The molecule has 0 aromatic heterocycles. The number of rotatable bonds is 3. The number of hydrogen-bond acceptors (Lipinski definition) is 1. The van der Waals surface area contributed by atoms with Gasteiger partial charge in [-0.25, -0.2) is 0 Å². The van der Waals surface area contributed by atoms with Crippen molar-refractivity contribution in [3.8, 4) is 0 Å². The van der Waals surface area contributed by atoms with Crippen molar-refractivity contribution in [3.63, 3.8) is 0 Å². The smallest absolute Gasteiger partial charge is 0.210 e. The van der Waals surface area contributed by atoms with Crippen molar-refractivity contribution in [2.24, 2.45) is 5.73 Å². The molecule has 0 spiro atoms. The van der Waals surface area contributed by atoms with Gasteiger partial charge >= 0.3 is 0 Å². The van der Waals surface area contributed by atoms with E-state index in [9.17, 15) is 0 Å². The highest BCUT2D eigenvalue weighted by molar-refractivity contribution is 6.01. The fraction of sp³-hybridized carbons (Fsp3) is 0.389. The van der Waals surface area contributed by atoms with E-state index in [1.165, 1.54) is 27.7 Å². The van der Waals surface area contributed by atoms with Crippen molar-refractivity contribution in [1.29, 1.82) is 0 Å². The van der Waals surface area contributed by atoms with E-state index in [0.29, 0.717) is 0 Å². The molecule has 0 fully saturated rings. The summed E-state index contributed by atoms with van der Waals surface area (Å²) in [5.74, 6) is 0. The van der Waals surface area contributed by atoms with Gasteiger partial charge in [0, 0.05) is 25.0 Å². The van der Waals surface area contributed by atoms with E-state index in [0.717, 1.165) is 19.5 Å². The summed E-state index contributed by atoms with van der Waals surface area (Å²) >= 11 is 0. The quantitative estimate of drug-likeness (QED) is 0.809. The predicted octanol–water partition coefficient (Wildman–Crippen LogP) is 0.589. The Bertz CT molecular complexity index is 701. The summed E-state index contributed by atoms with van der Waals surface area (Å²) in [6.45, 7) is 8.67. The molecule has 1 aliphatic rings. The molecule has 2 aromatic carbocycles.